The van der Waals surface area contributed by atoms with Gasteiger partial charge in [-0.05, 0) is 6.07 Å². The molecule has 51 valence electrons. The summed E-state index contributed by atoms with van der Waals surface area (Å²) in [4.78, 5) is 0. The lowest BCUT2D eigenvalue weighted by atomic mass is 9.89. The molecule has 0 aliphatic rings. The molecule has 1 N–H and O–H groups in total. The first kappa shape index (κ1) is 7.71. The lowest BCUT2D eigenvalue weighted by Crippen LogP contribution is -2.16. The molecule has 0 saturated carbocycles. The second-order valence-corrected chi connectivity index (χ2v) is 2.53. The summed E-state index contributed by atoms with van der Waals surface area (Å²) < 4.78 is 12.6. The molecule has 1 atom stereocenters. The second kappa shape index (κ2) is 3.13. The molecule has 0 aliphatic carbocycles. The van der Waals surface area contributed by atoms with E-state index in [0.717, 1.165) is 7.48 Å². The quantitative estimate of drug-likeness (QED) is 0.430. The molecule has 0 heterocycles. The minimum Gasteiger partial charge on any atom is -0.450 e. The molecule has 0 fully saturated rings. The first-order valence-corrected chi connectivity index (χ1v) is 3.34. The average Bonchev–Trinajstić information content (AvgIpc) is 1.95. The maximum atomic E-state index is 12.6. The van der Waals surface area contributed by atoms with Crippen LogP contribution in [-0.2, 0) is 0 Å². The van der Waals surface area contributed by atoms with E-state index in [2.05, 4.69) is 9.24 Å². The molecule has 0 bridgehead atoms. The summed E-state index contributed by atoms with van der Waals surface area (Å²) in [6.45, 7) is 0. The zero-order chi connectivity index (χ0) is 7.56. The van der Waals surface area contributed by atoms with Crippen molar-refractivity contribution >= 4 is 27.5 Å². The molecule has 1 unspecified atom stereocenters. The smallest absolute Gasteiger partial charge is 0.326 e. The van der Waals surface area contributed by atoms with Crippen molar-refractivity contribution in [3.05, 3.63) is 24.0 Å². The summed E-state index contributed by atoms with van der Waals surface area (Å²) >= 11 is 0. The molecule has 0 spiro atoms. The lowest BCUT2D eigenvalue weighted by Gasteiger charge is -1.96. The van der Waals surface area contributed by atoms with Crippen LogP contribution in [-0.4, -0.2) is 12.5 Å². The third kappa shape index (κ3) is 1.56. The number of halogens is 1. The zero-order valence-electron chi connectivity index (χ0n) is 5.21. The summed E-state index contributed by atoms with van der Waals surface area (Å²) in [5, 5.41) is 8.96. The van der Waals surface area contributed by atoms with Crippen molar-refractivity contribution in [2.45, 2.75) is 0 Å². The van der Waals surface area contributed by atoms with Crippen LogP contribution in [0.4, 0.5) is 4.39 Å². The maximum absolute atomic E-state index is 12.6. The standard InChI is InChI=1S/C6H6BFOP/c8-5-3-4(7-9)1-2-6(5)10/h1-3,9H,10H2. The van der Waals surface area contributed by atoms with Gasteiger partial charge in [0, 0.05) is 5.30 Å². The molecule has 1 rings (SSSR count). The minimum atomic E-state index is -0.326. The van der Waals surface area contributed by atoms with E-state index < -0.39 is 0 Å². The minimum absolute atomic E-state index is 0.326. The van der Waals surface area contributed by atoms with E-state index in [1.807, 2.05) is 0 Å². The van der Waals surface area contributed by atoms with Gasteiger partial charge in [-0.25, -0.2) is 4.39 Å². The van der Waals surface area contributed by atoms with E-state index in [4.69, 9.17) is 5.02 Å². The van der Waals surface area contributed by atoms with Crippen molar-refractivity contribution in [3.8, 4) is 0 Å². The van der Waals surface area contributed by atoms with Crippen molar-refractivity contribution in [1.82, 2.24) is 0 Å². The largest absolute Gasteiger partial charge is 0.450 e. The fourth-order valence-corrected chi connectivity index (χ4v) is 0.803. The molecular weight excluding hydrogens is 149 g/mol. The Hall–Kier alpha value is -0.395. The van der Waals surface area contributed by atoms with Gasteiger partial charge in [-0.1, -0.05) is 17.6 Å². The van der Waals surface area contributed by atoms with Crippen LogP contribution in [0.1, 0.15) is 0 Å². The Morgan fingerprint density at radius 2 is 2.20 bits per heavy atom. The van der Waals surface area contributed by atoms with Gasteiger partial charge in [0.05, 0.1) is 0 Å². The third-order valence-corrected chi connectivity index (χ3v) is 1.64. The van der Waals surface area contributed by atoms with Gasteiger partial charge in [0.2, 0.25) is 0 Å². The van der Waals surface area contributed by atoms with Crippen molar-refractivity contribution in [2.24, 2.45) is 0 Å². The second-order valence-electron chi connectivity index (χ2n) is 1.91. The van der Waals surface area contributed by atoms with Crippen LogP contribution >= 0.6 is 9.24 Å². The van der Waals surface area contributed by atoms with Crippen LogP contribution in [0.15, 0.2) is 18.2 Å². The summed E-state index contributed by atoms with van der Waals surface area (Å²) in [7, 11) is 3.13. The first-order valence-electron chi connectivity index (χ1n) is 2.76. The van der Waals surface area contributed by atoms with E-state index in [9.17, 15) is 4.39 Å². The van der Waals surface area contributed by atoms with E-state index in [0.29, 0.717) is 10.8 Å². The van der Waals surface area contributed by atoms with Gasteiger partial charge in [0.15, 0.2) is 0 Å². The molecule has 1 aromatic carbocycles. The summed E-state index contributed by atoms with van der Waals surface area (Å²) in [5.41, 5.74) is 0.476. The average molecular weight is 155 g/mol. The Bertz CT molecular complexity index is 241. The Kier molecular flexibility index (Phi) is 2.41. The Labute approximate surface area is 61.7 Å². The van der Waals surface area contributed by atoms with E-state index in [-0.39, 0.29) is 5.82 Å². The zero-order valence-corrected chi connectivity index (χ0v) is 6.37. The van der Waals surface area contributed by atoms with Crippen LogP contribution < -0.4 is 10.8 Å². The van der Waals surface area contributed by atoms with Crippen LogP contribution in [0, 0.1) is 5.82 Å². The predicted molar refractivity (Wildman–Crippen MR) is 43.4 cm³/mol. The van der Waals surface area contributed by atoms with Gasteiger partial charge in [-0.3, -0.25) is 0 Å². The fraction of sp³-hybridized carbons (Fsp3) is 0. The van der Waals surface area contributed by atoms with Gasteiger partial charge in [0.1, 0.15) is 5.82 Å². The molecule has 1 aromatic rings. The van der Waals surface area contributed by atoms with Gasteiger partial charge in [0.25, 0.3) is 0 Å². The van der Waals surface area contributed by atoms with Crippen LogP contribution in [0.25, 0.3) is 0 Å². The van der Waals surface area contributed by atoms with E-state index in [1.165, 1.54) is 6.07 Å². The van der Waals surface area contributed by atoms with Crippen molar-refractivity contribution < 1.29 is 9.41 Å². The van der Waals surface area contributed by atoms with E-state index in [1.54, 1.807) is 12.1 Å². The third-order valence-electron chi connectivity index (χ3n) is 1.17. The van der Waals surface area contributed by atoms with Gasteiger partial charge in [-0.15, -0.1) is 9.24 Å². The Morgan fingerprint density at radius 1 is 1.50 bits per heavy atom. The van der Waals surface area contributed by atoms with Crippen LogP contribution in [0.2, 0.25) is 0 Å². The molecule has 1 radical (unpaired) electrons. The van der Waals surface area contributed by atoms with Gasteiger partial charge < -0.3 is 5.02 Å². The molecule has 10 heavy (non-hydrogen) atoms. The number of rotatable bonds is 1. The molecular formula is C6H6BFOP. The van der Waals surface area contributed by atoms with Crippen molar-refractivity contribution in [2.75, 3.05) is 0 Å². The van der Waals surface area contributed by atoms with E-state index >= 15 is 0 Å². The highest BCUT2D eigenvalue weighted by Gasteiger charge is 1.98. The Morgan fingerprint density at radius 3 is 2.70 bits per heavy atom. The normalized spacial score (nSPS) is 9.50. The molecule has 1 nitrogen and oxygen atoms in total. The monoisotopic (exact) mass is 155 g/mol. The highest BCUT2D eigenvalue weighted by Crippen LogP contribution is 1.94. The van der Waals surface area contributed by atoms with Crippen LogP contribution in [0.5, 0.6) is 0 Å². The number of hydrogen-bond acceptors (Lipinski definition) is 1. The van der Waals surface area contributed by atoms with Crippen molar-refractivity contribution in [3.63, 3.8) is 0 Å². The number of hydrogen-bond donors (Lipinski definition) is 1. The van der Waals surface area contributed by atoms with Crippen molar-refractivity contribution in [1.29, 1.82) is 0 Å². The molecule has 4 heteroatoms. The predicted octanol–water partition coefficient (Wildman–Crippen LogP) is -0.437. The van der Waals surface area contributed by atoms with Gasteiger partial charge >= 0.3 is 7.48 Å². The summed E-state index contributed by atoms with van der Waals surface area (Å²) in [5.74, 6) is -0.326. The highest BCUT2D eigenvalue weighted by atomic mass is 31.0. The van der Waals surface area contributed by atoms with Gasteiger partial charge in [-0.2, -0.15) is 0 Å². The fourth-order valence-electron chi connectivity index (χ4n) is 0.624. The summed E-state index contributed by atoms with van der Waals surface area (Å²) in [6, 6.07) is 4.48. The molecule has 0 amide bonds. The molecule has 0 aliphatic heterocycles. The Balaban J connectivity index is 3.04. The first-order chi connectivity index (χ1) is 4.74. The van der Waals surface area contributed by atoms with Crippen LogP contribution in [0.3, 0.4) is 0 Å². The highest BCUT2D eigenvalue weighted by molar-refractivity contribution is 7.27. The molecule has 0 saturated heterocycles. The number of benzene rings is 1. The molecule has 0 aromatic heterocycles. The summed E-state index contributed by atoms with van der Waals surface area (Å²) in [6.07, 6.45) is 0. The SMILES string of the molecule is O[B]c1ccc(P)c(F)c1. The maximum Gasteiger partial charge on any atom is 0.326 e. The lowest BCUT2D eigenvalue weighted by molar-refractivity contribution is 0.613. The topological polar surface area (TPSA) is 20.2 Å².